The number of hydrogen-bond acceptors (Lipinski definition) is 8. The topological polar surface area (TPSA) is 169 Å². The maximum Gasteiger partial charge on any atom is 0.156 e. The van der Waals surface area contributed by atoms with E-state index in [1.165, 1.54) is 12.1 Å². The molecule has 0 bridgehead atoms. The fraction of sp³-hybridized carbons (Fsp3) is 0. The number of rotatable bonds is 0. The van der Waals surface area contributed by atoms with E-state index in [2.05, 4.69) is 0 Å². The number of fused-ring (bicyclic) bond motifs is 6. The zero-order valence-electron chi connectivity index (χ0n) is 17.6. The lowest BCUT2D eigenvalue weighted by Crippen LogP contribution is -2.16. The van der Waals surface area contributed by atoms with Crippen LogP contribution >= 0.6 is 0 Å². The van der Waals surface area contributed by atoms with Gasteiger partial charge in [-0.2, -0.15) is 31.6 Å². The highest BCUT2D eigenvalue weighted by molar-refractivity contribution is 6.19. The number of nitriles is 6. The maximum absolute atomic E-state index is 14.4. The molecule has 0 fully saturated rings. The van der Waals surface area contributed by atoms with Crippen molar-refractivity contribution >= 4 is 55.0 Å². The molecular formula is C26H4F2N6O2. The van der Waals surface area contributed by atoms with Gasteiger partial charge in [-0.25, -0.2) is 8.78 Å². The molecule has 0 saturated heterocycles. The molecule has 0 spiro atoms. The van der Waals surface area contributed by atoms with Crippen molar-refractivity contribution in [2.24, 2.45) is 0 Å². The van der Waals surface area contributed by atoms with Crippen molar-refractivity contribution < 1.29 is 17.6 Å². The Bertz CT molecular complexity index is 2060. The van der Waals surface area contributed by atoms with Crippen LogP contribution < -0.4 is 10.4 Å². The Morgan fingerprint density at radius 1 is 0.556 bits per heavy atom. The summed E-state index contributed by atoms with van der Waals surface area (Å²) in [5, 5.41) is 57.8. The van der Waals surface area contributed by atoms with Crippen LogP contribution in [0.4, 0.5) is 8.78 Å². The van der Waals surface area contributed by atoms with Gasteiger partial charge in [0.25, 0.3) is 0 Å². The lowest BCUT2D eigenvalue weighted by molar-refractivity contribution is 0.612. The van der Waals surface area contributed by atoms with E-state index in [9.17, 15) is 40.4 Å². The molecule has 5 aromatic rings. The standard InChI is InChI=1S/C26H4F2N6O2/c27-17-3-1-13-21-19(11(5-29)6-30)26-22(14-2-4-18(28)16(10-34)24(14)36-26)20(12(7-31)8-32)25(21)35-23(13)15(17)9-33/h1-4H. The predicted octanol–water partition coefficient (Wildman–Crippen LogP) is 3.90. The minimum atomic E-state index is -0.898. The Labute approximate surface area is 198 Å². The van der Waals surface area contributed by atoms with Crippen molar-refractivity contribution in [2.45, 2.75) is 0 Å². The second kappa shape index (κ2) is 7.69. The highest BCUT2D eigenvalue weighted by Gasteiger charge is 2.26. The first kappa shape index (κ1) is 21.6. The second-order valence-electron chi connectivity index (χ2n) is 7.38. The summed E-state index contributed by atoms with van der Waals surface area (Å²) >= 11 is 0. The molecule has 0 aliphatic carbocycles. The quantitative estimate of drug-likeness (QED) is 0.328. The Balaban J connectivity index is 2.38. The zero-order chi connectivity index (χ0) is 25.7. The largest absolute Gasteiger partial charge is 0.454 e. The first-order valence-electron chi connectivity index (χ1n) is 9.86. The Kier molecular flexibility index (Phi) is 4.62. The van der Waals surface area contributed by atoms with Crippen LogP contribution in [0.1, 0.15) is 11.1 Å². The number of benzene rings is 3. The number of halogens is 2. The summed E-state index contributed by atoms with van der Waals surface area (Å²) in [6, 6.07) is 14.9. The van der Waals surface area contributed by atoms with Gasteiger partial charge in [-0.3, -0.25) is 0 Å². The molecule has 0 aliphatic rings. The van der Waals surface area contributed by atoms with Gasteiger partial charge in [0.2, 0.25) is 0 Å². The fourth-order valence-corrected chi connectivity index (χ4v) is 4.31. The Morgan fingerprint density at radius 3 is 1.22 bits per heavy atom. The molecule has 0 saturated carbocycles. The third-order valence-electron chi connectivity index (χ3n) is 5.74. The van der Waals surface area contributed by atoms with Gasteiger partial charge >= 0.3 is 0 Å². The van der Waals surface area contributed by atoms with Crippen LogP contribution in [-0.2, 0) is 0 Å². The van der Waals surface area contributed by atoms with E-state index >= 15 is 0 Å². The second-order valence-corrected chi connectivity index (χ2v) is 7.38. The third kappa shape index (κ3) is 2.59. The molecule has 5 rings (SSSR count). The van der Waals surface area contributed by atoms with E-state index in [-0.39, 0.29) is 54.3 Å². The average Bonchev–Trinajstić information content (AvgIpc) is 3.45. The van der Waals surface area contributed by atoms with Crippen molar-refractivity contribution in [1.29, 1.82) is 31.6 Å². The number of furan rings is 2. The van der Waals surface area contributed by atoms with Crippen LogP contribution in [0.15, 0.2) is 33.1 Å². The predicted molar refractivity (Wildman–Crippen MR) is 119 cm³/mol. The van der Waals surface area contributed by atoms with Crippen molar-refractivity contribution in [1.82, 2.24) is 0 Å². The van der Waals surface area contributed by atoms with E-state index in [1.807, 2.05) is 0 Å². The monoisotopic (exact) mass is 470 g/mol. The summed E-state index contributed by atoms with van der Waals surface area (Å²) < 4.78 is 40.5. The van der Waals surface area contributed by atoms with Gasteiger partial charge in [-0.1, -0.05) is 0 Å². The molecule has 8 nitrogen and oxygen atoms in total. The molecule has 0 unspecified atom stereocenters. The van der Waals surface area contributed by atoms with Crippen molar-refractivity contribution in [3.63, 3.8) is 0 Å². The van der Waals surface area contributed by atoms with Crippen LogP contribution in [0.25, 0.3) is 55.0 Å². The molecular weight excluding hydrogens is 466 g/mol. The molecule has 0 atom stereocenters. The zero-order valence-corrected chi connectivity index (χ0v) is 17.6. The SMILES string of the molecule is N#CC(C#N)=c1c2oc3c(C#N)c(F)ccc3c2c(=C(C#N)C#N)c2oc3c(C#N)c(F)ccc3c12. The summed E-state index contributed by atoms with van der Waals surface area (Å²) in [6.07, 6.45) is 0. The molecule has 0 N–H and O–H groups in total. The average molecular weight is 470 g/mol. The van der Waals surface area contributed by atoms with Crippen LogP contribution in [0, 0.1) is 79.6 Å². The number of nitrogens with zero attached hydrogens (tertiary/aromatic N) is 6. The molecule has 0 radical (unpaired) electrons. The minimum Gasteiger partial charge on any atom is -0.454 e. The summed E-state index contributed by atoms with van der Waals surface area (Å²) in [5.74, 6) is -1.80. The van der Waals surface area contributed by atoms with E-state index in [4.69, 9.17) is 8.83 Å². The van der Waals surface area contributed by atoms with Crippen molar-refractivity contribution in [3.05, 3.63) is 57.5 Å². The van der Waals surface area contributed by atoms with Crippen molar-refractivity contribution in [2.75, 3.05) is 0 Å². The minimum absolute atomic E-state index is 0.00290. The van der Waals surface area contributed by atoms with Gasteiger partial charge in [-0.05, 0) is 24.3 Å². The smallest absolute Gasteiger partial charge is 0.156 e. The molecule has 0 amide bonds. The van der Waals surface area contributed by atoms with E-state index in [0.717, 1.165) is 12.1 Å². The van der Waals surface area contributed by atoms with Crippen molar-refractivity contribution in [3.8, 4) is 36.4 Å². The third-order valence-corrected chi connectivity index (χ3v) is 5.74. The molecule has 2 aromatic heterocycles. The number of hydrogen-bond donors (Lipinski definition) is 0. The fourth-order valence-electron chi connectivity index (χ4n) is 4.31. The van der Waals surface area contributed by atoms with Gasteiger partial charge < -0.3 is 8.83 Å². The molecule has 10 heteroatoms. The van der Waals surface area contributed by atoms with Crippen LogP contribution in [0.3, 0.4) is 0 Å². The van der Waals surface area contributed by atoms with Gasteiger partial charge in [0.05, 0.1) is 10.4 Å². The first-order chi connectivity index (χ1) is 17.4. The molecule has 164 valence electrons. The maximum atomic E-state index is 14.4. The van der Waals surface area contributed by atoms with Gasteiger partial charge in [0.1, 0.15) is 81.5 Å². The molecule has 3 aromatic carbocycles. The lowest BCUT2D eigenvalue weighted by atomic mass is 9.98. The summed E-state index contributed by atoms with van der Waals surface area (Å²) in [4.78, 5) is 0. The summed E-state index contributed by atoms with van der Waals surface area (Å²) in [5.41, 5.74) is -2.75. The normalized spacial score (nSPS) is 10.3. The molecule has 0 aliphatic heterocycles. The summed E-state index contributed by atoms with van der Waals surface area (Å²) in [7, 11) is 0. The Morgan fingerprint density at radius 2 is 0.917 bits per heavy atom. The van der Waals surface area contributed by atoms with E-state index in [0.29, 0.717) is 0 Å². The molecule has 2 heterocycles. The van der Waals surface area contributed by atoms with Gasteiger partial charge in [0, 0.05) is 21.5 Å². The molecule has 36 heavy (non-hydrogen) atoms. The van der Waals surface area contributed by atoms with E-state index in [1.54, 1.807) is 36.4 Å². The Hall–Kier alpha value is -6.20. The van der Waals surface area contributed by atoms with Gasteiger partial charge in [0.15, 0.2) is 11.2 Å². The van der Waals surface area contributed by atoms with Crippen LogP contribution in [0.2, 0.25) is 0 Å². The highest BCUT2D eigenvalue weighted by Crippen LogP contribution is 2.35. The van der Waals surface area contributed by atoms with Crippen LogP contribution in [-0.4, -0.2) is 0 Å². The lowest BCUT2D eigenvalue weighted by Gasteiger charge is -1.99. The first-order valence-corrected chi connectivity index (χ1v) is 9.86. The van der Waals surface area contributed by atoms with Gasteiger partial charge in [-0.15, -0.1) is 0 Å². The highest BCUT2D eigenvalue weighted by atomic mass is 19.1. The van der Waals surface area contributed by atoms with E-state index < -0.39 is 33.9 Å². The summed E-state index contributed by atoms with van der Waals surface area (Å²) in [6.45, 7) is 0. The van der Waals surface area contributed by atoms with Crippen LogP contribution in [0.5, 0.6) is 0 Å².